The highest BCUT2D eigenvalue weighted by Crippen LogP contribution is 2.42. The molecule has 3 heterocycles. The molecule has 1 aliphatic rings. The fraction of sp³-hybridized carbons (Fsp3) is 0.280. The van der Waals surface area contributed by atoms with E-state index in [0.717, 1.165) is 12.0 Å². The summed E-state index contributed by atoms with van der Waals surface area (Å²) >= 11 is 7.43. The zero-order valence-corrected chi connectivity index (χ0v) is 20.4. The van der Waals surface area contributed by atoms with Crippen LogP contribution in [0.15, 0.2) is 51.7 Å². The third-order valence-electron chi connectivity index (χ3n) is 5.69. The van der Waals surface area contributed by atoms with E-state index in [2.05, 4.69) is 24.0 Å². The van der Waals surface area contributed by atoms with Crippen molar-refractivity contribution >= 4 is 44.9 Å². The Hall–Kier alpha value is -3.23. The van der Waals surface area contributed by atoms with Gasteiger partial charge in [-0.25, -0.2) is 0 Å². The van der Waals surface area contributed by atoms with Crippen molar-refractivity contribution in [1.29, 1.82) is 0 Å². The van der Waals surface area contributed by atoms with E-state index in [-0.39, 0.29) is 16.8 Å². The summed E-state index contributed by atoms with van der Waals surface area (Å²) < 4.78 is 11.9. The molecule has 174 valence electrons. The zero-order chi connectivity index (χ0) is 24.0. The number of fused-ring (bicyclic) bond motifs is 2. The number of nitrogens with zero attached hydrogens (tertiary/aromatic N) is 3. The first kappa shape index (κ1) is 22.6. The Morgan fingerprint density at radius 3 is 2.74 bits per heavy atom. The summed E-state index contributed by atoms with van der Waals surface area (Å²) in [7, 11) is 0. The molecule has 2 aromatic carbocycles. The molecule has 2 aromatic heterocycles. The highest BCUT2D eigenvalue weighted by Gasteiger charge is 2.45. The first-order valence-corrected chi connectivity index (χ1v) is 12.2. The van der Waals surface area contributed by atoms with E-state index in [0.29, 0.717) is 44.4 Å². The first-order valence-electron chi connectivity index (χ1n) is 11.0. The number of hydrogen-bond acceptors (Lipinski definition) is 7. The largest absolute Gasteiger partial charge is 0.494 e. The van der Waals surface area contributed by atoms with Crippen LogP contribution in [0, 0.1) is 12.8 Å². The number of benzene rings is 2. The van der Waals surface area contributed by atoms with Gasteiger partial charge in [-0.15, -0.1) is 10.2 Å². The van der Waals surface area contributed by atoms with Gasteiger partial charge in [-0.2, -0.15) is 0 Å². The molecular weight excluding hydrogens is 474 g/mol. The maximum atomic E-state index is 13.7. The van der Waals surface area contributed by atoms with Gasteiger partial charge in [0, 0.05) is 5.02 Å². The Bertz CT molecular complexity index is 1460. The van der Waals surface area contributed by atoms with Crippen molar-refractivity contribution in [3.05, 3.63) is 79.6 Å². The molecule has 0 fully saturated rings. The minimum Gasteiger partial charge on any atom is -0.494 e. The molecule has 0 spiro atoms. The molecule has 1 amide bonds. The average molecular weight is 496 g/mol. The van der Waals surface area contributed by atoms with E-state index in [1.165, 1.54) is 16.2 Å². The van der Waals surface area contributed by atoms with Crippen LogP contribution >= 0.6 is 22.9 Å². The van der Waals surface area contributed by atoms with Crippen LogP contribution < -0.4 is 15.1 Å². The molecule has 1 unspecified atom stereocenters. The van der Waals surface area contributed by atoms with Crippen LogP contribution in [0.4, 0.5) is 5.13 Å². The summed E-state index contributed by atoms with van der Waals surface area (Å²) in [5, 5.41) is 10.1. The number of carbonyl (C=O) groups is 1. The number of carbonyl (C=O) groups excluding carboxylic acids is 1. The molecule has 7 nitrogen and oxygen atoms in total. The standard InChI is InChI=1S/C25H22ClN3O4S/c1-13(2)9-10-32-17-6-4-5-15(11-17)21-20-22(30)18-12-16(26)7-8-19(18)33-23(20)24(31)29(21)25-28-27-14(3)34-25/h4-8,11-13,21H,9-10H2,1-3H3. The second-order valence-electron chi connectivity index (χ2n) is 8.60. The fourth-order valence-corrected chi connectivity index (χ4v) is 4.91. The summed E-state index contributed by atoms with van der Waals surface area (Å²) in [6, 6.07) is 11.5. The maximum absolute atomic E-state index is 13.7. The lowest BCUT2D eigenvalue weighted by Gasteiger charge is -2.22. The van der Waals surface area contributed by atoms with Gasteiger partial charge in [0.25, 0.3) is 5.91 Å². The van der Waals surface area contributed by atoms with Crippen LogP contribution in [0.2, 0.25) is 5.02 Å². The van der Waals surface area contributed by atoms with E-state index < -0.39 is 11.9 Å². The van der Waals surface area contributed by atoms with Gasteiger partial charge in [-0.1, -0.05) is 48.9 Å². The predicted octanol–water partition coefficient (Wildman–Crippen LogP) is 5.78. The molecule has 34 heavy (non-hydrogen) atoms. The van der Waals surface area contributed by atoms with Crippen LogP contribution in [0.5, 0.6) is 5.75 Å². The van der Waals surface area contributed by atoms with E-state index in [1.807, 2.05) is 31.2 Å². The van der Waals surface area contributed by atoms with Gasteiger partial charge < -0.3 is 9.15 Å². The molecule has 0 aliphatic carbocycles. The van der Waals surface area contributed by atoms with Gasteiger partial charge >= 0.3 is 0 Å². The van der Waals surface area contributed by atoms with Gasteiger partial charge in [0.15, 0.2) is 5.43 Å². The summed E-state index contributed by atoms with van der Waals surface area (Å²) in [6.07, 6.45) is 0.918. The first-order chi connectivity index (χ1) is 16.3. The maximum Gasteiger partial charge on any atom is 0.297 e. The second-order valence-corrected chi connectivity index (χ2v) is 10.2. The number of aromatic nitrogens is 2. The molecule has 5 rings (SSSR count). The van der Waals surface area contributed by atoms with Gasteiger partial charge in [-0.3, -0.25) is 14.5 Å². The third-order valence-corrected chi connectivity index (χ3v) is 6.76. The van der Waals surface area contributed by atoms with E-state index in [9.17, 15) is 9.59 Å². The van der Waals surface area contributed by atoms with Gasteiger partial charge in [0.1, 0.15) is 16.3 Å². The molecule has 0 bridgehead atoms. The number of halogens is 1. The van der Waals surface area contributed by atoms with Gasteiger partial charge in [0.05, 0.1) is 23.6 Å². The summed E-state index contributed by atoms with van der Waals surface area (Å²) in [5.74, 6) is 0.754. The second kappa shape index (κ2) is 8.85. The number of amides is 1. The van der Waals surface area contributed by atoms with E-state index in [1.54, 1.807) is 18.2 Å². The Labute approximate surface area is 204 Å². The van der Waals surface area contributed by atoms with Crippen LogP contribution in [-0.4, -0.2) is 22.7 Å². The minimum absolute atomic E-state index is 0.00352. The Balaban J connectivity index is 1.68. The number of aryl methyl sites for hydroxylation is 1. The number of anilines is 1. The van der Waals surface area contributed by atoms with Crippen molar-refractivity contribution in [3.63, 3.8) is 0 Å². The van der Waals surface area contributed by atoms with Crippen LogP contribution in [0.25, 0.3) is 11.0 Å². The van der Waals surface area contributed by atoms with Crippen LogP contribution in [-0.2, 0) is 0 Å². The number of hydrogen-bond donors (Lipinski definition) is 0. The normalized spacial score (nSPS) is 15.4. The van der Waals surface area contributed by atoms with Crippen molar-refractivity contribution in [2.45, 2.75) is 33.2 Å². The number of rotatable bonds is 6. The van der Waals surface area contributed by atoms with Crippen molar-refractivity contribution in [1.82, 2.24) is 10.2 Å². The zero-order valence-electron chi connectivity index (χ0n) is 18.9. The smallest absolute Gasteiger partial charge is 0.297 e. The van der Waals surface area contributed by atoms with Gasteiger partial charge in [-0.05, 0) is 55.2 Å². The fourth-order valence-electron chi connectivity index (χ4n) is 4.03. The highest BCUT2D eigenvalue weighted by atomic mass is 35.5. The monoisotopic (exact) mass is 495 g/mol. The molecular formula is C25H22ClN3O4S. The molecule has 1 atom stereocenters. The van der Waals surface area contributed by atoms with Crippen molar-refractivity contribution in [3.8, 4) is 5.75 Å². The number of ether oxygens (including phenoxy) is 1. The lowest BCUT2D eigenvalue weighted by molar-refractivity contribution is 0.0970. The topological polar surface area (TPSA) is 85.5 Å². The molecule has 1 aliphatic heterocycles. The molecule has 0 N–H and O–H groups in total. The summed E-state index contributed by atoms with van der Waals surface area (Å²) in [4.78, 5) is 28.7. The lowest BCUT2D eigenvalue weighted by Crippen LogP contribution is -2.29. The lowest BCUT2D eigenvalue weighted by atomic mass is 9.98. The third kappa shape index (κ3) is 3.97. The summed E-state index contributed by atoms with van der Waals surface area (Å²) in [5.41, 5.74) is 0.982. The van der Waals surface area contributed by atoms with Crippen molar-refractivity contribution in [2.75, 3.05) is 11.5 Å². The Morgan fingerprint density at radius 2 is 2.00 bits per heavy atom. The van der Waals surface area contributed by atoms with E-state index in [4.69, 9.17) is 20.8 Å². The SMILES string of the molecule is Cc1nnc(N2C(=O)c3oc4ccc(Cl)cc4c(=O)c3C2c2cccc(OCCC(C)C)c2)s1. The van der Waals surface area contributed by atoms with Gasteiger partial charge in [0.2, 0.25) is 10.9 Å². The predicted molar refractivity (Wildman–Crippen MR) is 132 cm³/mol. The Morgan fingerprint density at radius 1 is 1.18 bits per heavy atom. The molecule has 0 saturated heterocycles. The quantitative estimate of drug-likeness (QED) is 0.337. The van der Waals surface area contributed by atoms with Crippen molar-refractivity contribution < 1.29 is 13.9 Å². The van der Waals surface area contributed by atoms with Crippen LogP contribution in [0.1, 0.15) is 53.0 Å². The summed E-state index contributed by atoms with van der Waals surface area (Å²) in [6.45, 7) is 6.66. The minimum atomic E-state index is -0.733. The van der Waals surface area contributed by atoms with E-state index >= 15 is 0 Å². The highest BCUT2D eigenvalue weighted by molar-refractivity contribution is 7.15. The Kier molecular flexibility index (Phi) is 5.87. The molecule has 0 radical (unpaired) electrons. The molecule has 0 saturated carbocycles. The van der Waals surface area contributed by atoms with Crippen LogP contribution in [0.3, 0.4) is 0 Å². The average Bonchev–Trinajstić information content (AvgIpc) is 3.35. The molecule has 9 heteroatoms. The molecule has 4 aromatic rings. The van der Waals surface area contributed by atoms with Crippen molar-refractivity contribution in [2.24, 2.45) is 5.92 Å².